The van der Waals surface area contributed by atoms with Gasteiger partial charge in [-0.3, -0.25) is 9.89 Å². The van der Waals surface area contributed by atoms with Crippen LogP contribution in [-0.4, -0.2) is 47.2 Å². The molecule has 2 aliphatic rings. The summed E-state index contributed by atoms with van der Waals surface area (Å²) in [5, 5.41) is 10.2. The van der Waals surface area contributed by atoms with Gasteiger partial charge in [0.1, 0.15) is 0 Å². The summed E-state index contributed by atoms with van der Waals surface area (Å²) >= 11 is 0. The van der Waals surface area contributed by atoms with E-state index >= 15 is 0 Å². The number of halogens is 1. The average molecular weight is 285 g/mol. The maximum atomic E-state index is 12.3. The van der Waals surface area contributed by atoms with Crippen LogP contribution in [0.5, 0.6) is 0 Å². The number of carbonyl (C=O) groups is 1. The van der Waals surface area contributed by atoms with Gasteiger partial charge in [-0.05, 0) is 38.1 Å². The molecule has 2 fully saturated rings. The lowest BCUT2D eigenvalue weighted by atomic mass is 9.78. The summed E-state index contributed by atoms with van der Waals surface area (Å²) in [5.41, 5.74) is 2.04. The van der Waals surface area contributed by atoms with Gasteiger partial charge in [0, 0.05) is 25.3 Å². The predicted molar refractivity (Wildman–Crippen MR) is 75.6 cm³/mol. The molecule has 19 heavy (non-hydrogen) atoms. The molecule has 0 aromatic carbocycles. The minimum Gasteiger partial charge on any atom is -0.339 e. The maximum absolute atomic E-state index is 12.3. The smallest absolute Gasteiger partial charge is 0.257 e. The number of aromatic amines is 1. The Labute approximate surface area is 119 Å². The number of rotatable bonds is 1. The van der Waals surface area contributed by atoms with Gasteiger partial charge >= 0.3 is 0 Å². The summed E-state index contributed by atoms with van der Waals surface area (Å²) in [6.45, 7) is 5.91. The van der Waals surface area contributed by atoms with Crippen LogP contribution in [0.25, 0.3) is 0 Å². The zero-order valence-corrected chi connectivity index (χ0v) is 12.1. The van der Waals surface area contributed by atoms with Crippen LogP contribution in [0.1, 0.15) is 35.3 Å². The lowest BCUT2D eigenvalue weighted by molar-refractivity contribution is 0.0607. The minimum atomic E-state index is 0. The quantitative estimate of drug-likeness (QED) is 0.818. The van der Waals surface area contributed by atoms with E-state index in [1.807, 2.05) is 11.8 Å². The van der Waals surface area contributed by atoms with Crippen molar-refractivity contribution in [3.63, 3.8) is 0 Å². The molecule has 0 aliphatic carbocycles. The fraction of sp³-hybridized carbons (Fsp3) is 0.692. The van der Waals surface area contributed by atoms with Crippen LogP contribution >= 0.6 is 12.4 Å². The topological polar surface area (TPSA) is 61.0 Å². The molecule has 5 nitrogen and oxygen atoms in total. The van der Waals surface area contributed by atoms with E-state index < -0.39 is 0 Å². The second-order valence-corrected chi connectivity index (χ2v) is 5.63. The van der Waals surface area contributed by atoms with Crippen molar-refractivity contribution in [2.45, 2.75) is 26.2 Å². The Morgan fingerprint density at radius 1 is 1.37 bits per heavy atom. The molecule has 0 saturated carbocycles. The lowest BCUT2D eigenvalue weighted by Gasteiger charge is -2.38. The summed E-state index contributed by atoms with van der Waals surface area (Å²) in [5.74, 6) is 0.127. The number of carbonyl (C=O) groups excluding carboxylic acids is 1. The highest BCUT2D eigenvalue weighted by molar-refractivity contribution is 5.95. The Morgan fingerprint density at radius 3 is 2.63 bits per heavy atom. The first-order valence-corrected chi connectivity index (χ1v) is 6.70. The molecule has 2 saturated heterocycles. The van der Waals surface area contributed by atoms with Gasteiger partial charge in [0.05, 0.1) is 11.8 Å². The lowest BCUT2D eigenvalue weighted by Crippen LogP contribution is -2.44. The predicted octanol–water partition coefficient (Wildman–Crippen LogP) is 1.36. The molecule has 1 spiro atoms. The van der Waals surface area contributed by atoms with Crippen molar-refractivity contribution in [2.24, 2.45) is 5.41 Å². The van der Waals surface area contributed by atoms with E-state index in [2.05, 4.69) is 15.5 Å². The van der Waals surface area contributed by atoms with E-state index in [0.717, 1.165) is 50.3 Å². The SMILES string of the molecule is Cc1[nH]ncc1C(=O)N1CCC2(CCNC2)CC1.Cl. The minimum absolute atomic E-state index is 0. The van der Waals surface area contributed by atoms with E-state index in [9.17, 15) is 4.79 Å². The summed E-state index contributed by atoms with van der Waals surface area (Å²) in [7, 11) is 0. The van der Waals surface area contributed by atoms with Crippen molar-refractivity contribution in [1.29, 1.82) is 0 Å². The first-order valence-electron chi connectivity index (χ1n) is 6.70. The summed E-state index contributed by atoms with van der Waals surface area (Å²) in [6, 6.07) is 0. The van der Waals surface area contributed by atoms with Crippen LogP contribution < -0.4 is 5.32 Å². The Bertz CT molecular complexity index is 443. The molecule has 6 heteroatoms. The zero-order chi connectivity index (χ0) is 12.6. The van der Waals surface area contributed by atoms with Gasteiger partial charge in [0.2, 0.25) is 0 Å². The van der Waals surface area contributed by atoms with Crippen molar-refractivity contribution in [1.82, 2.24) is 20.4 Å². The normalized spacial score (nSPS) is 21.4. The molecule has 2 aliphatic heterocycles. The van der Waals surface area contributed by atoms with E-state index in [1.165, 1.54) is 6.42 Å². The molecule has 0 bridgehead atoms. The zero-order valence-electron chi connectivity index (χ0n) is 11.2. The third-order valence-electron chi connectivity index (χ3n) is 4.50. The van der Waals surface area contributed by atoms with Gasteiger partial charge in [-0.2, -0.15) is 5.10 Å². The van der Waals surface area contributed by atoms with E-state index in [1.54, 1.807) is 6.20 Å². The standard InChI is InChI=1S/C13H20N4O.ClH/c1-10-11(8-15-16-10)12(18)17-6-3-13(4-7-17)2-5-14-9-13;/h8,14H,2-7,9H2,1H3,(H,15,16);1H. The van der Waals surface area contributed by atoms with Gasteiger partial charge in [-0.1, -0.05) is 0 Å². The molecule has 1 aromatic heterocycles. The molecular formula is C13H21ClN4O. The molecule has 106 valence electrons. The highest BCUT2D eigenvalue weighted by Gasteiger charge is 2.38. The van der Waals surface area contributed by atoms with Crippen molar-refractivity contribution >= 4 is 18.3 Å². The Hall–Kier alpha value is -1.07. The number of nitrogens with zero attached hydrogens (tertiary/aromatic N) is 2. The first-order chi connectivity index (χ1) is 8.70. The molecular weight excluding hydrogens is 264 g/mol. The third-order valence-corrected chi connectivity index (χ3v) is 4.50. The Morgan fingerprint density at radius 2 is 2.11 bits per heavy atom. The van der Waals surface area contributed by atoms with E-state index in [0.29, 0.717) is 5.41 Å². The number of hydrogen-bond acceptors (Lipinski definition) is 3. The monoisotopic (exact) mass is 284 g/mol. The maximum Gasteiger partial charge on any atom is 0.257 e. The third kappa shape index (κ3) is 2.62. The number of nitrogens with one attached hydrogen (secondary N) is 2. The molecule has 0 unspecified atom stereocenters. The molecule has 1 amide bonds. The molecule has 3 heterocycles. The van der Waals surface area contributed by atoms with Crippen LogP contribution in [0.2, 0.25) is 0 Å². The van der Waals surface area contributed by atoms with E-state index in [4.69, 9.17) is 0 Å². The van der Waals surface area contributed by atoms with Crippen molar-refractivity contribution < 1.29 is 4.79 Å². The number of piperidine rings is 1. The number of likely N-dealkylation sites (tertiary alicyclic amines) is 1. The molecule has 3 rings (SSSR count). The molecule has 2 N–H and O–H groups in total. The van der Waals surface area contributed by atoms with E-state index in [-0.39, 0.29) is 18.3 Å². The number of aryl methyl sites for hydroxylation is 1. The van der Waals surface area contributed by atoms with Crippen LogP contribution in [0.15, 0.2) is 6.20 Å². The van der Waals surface area contributed by atoms with Crippen molar-refractivity contribution in [3.05, 3.63) is 17.5 Å². The first kappa shape index (κ1) is 14.3. The van der Waals surface area contributed by atoms with Crippen molar-refractivity contribution in [3.8, 4) is 0 Å². The second-order valence-electron chi connectivity index (χ2n) is 5.63. The van der Waals surface area contributed by atoms with Gasteiger partial charge in [-0.25, -0.2) is 0 Å². The fourth-order valence-corrected chi connectivity index (χ4v) is 3.14. The Kier molecular flexibility index (Phi) is 4.16. The van der Waals surface area contributed by atoms with Gasteiger partial charge < -0.3 is 10.2 Å². The van der Waals surface area contributed by atoms with Crippen LogP contribution in [0, 0.1) is 12.3 Å². The highest BCUT2D eigenvalue weighted by Crippen LogP contribution is 2.37. The highest BCUT2D eigenvalue weighted by atomic mass is 35.5. The van der Waals surface area contributed by atoms with Crippen molar-refractivity contribution in [2.75, 3.05) is 26.2 Å². The number of H-pyrrole nitrogens is 1. The molecule has 0 radical (unpaired) electrons. The Balaban J connectivity index is 0.00000133. The van der Waals surface area contributed by atoms with Gasteiger partial charge in [-0.15, -0.1) is 12.4 Å². The fourth-order valence-electron chi connectivity index (χ4n) is 3.14. The van der Waals surface area contributed by atoms with Crippen LogP contribution in [-0.2, 0) is 0 Å². The summed E-state index contributed by atoms with van der Waals surface area (Å²) in [6.07, 6.45) is 5.16. The average Bonchev–Trinajstić information content (AvgIpc) is 2.99. The number of amides is 1. The molecule has 0 atom stereocenters. The van der Waals surface area contributed by atoms with Gasteiger partial charge in [0.25, 0.3) is 5.91 Å². The second kappa shape index (κ2) is 5.51. The van der Waals surface area contributed by atoms with Gasteiger partial charge in [0.15, 0.2) is 0 Å². The molecule has 1 aromatic rings. The largest absolute Gasteiger partial charge is 0.339 e. The summed E-state index contributed by atoms with van der Waals surface area (Å²) in [4.78, 5) is 14.3. The van der Waals surface area contributed by atoms with Crippen LogP contribution in [0.3, 0.4) is 0 Å². The number of aromatic nitrogens is 2. The van der Waals surface area contributed by atoms with Crippen LogP contribution in [0.4, 0.5) is 0 Å². The number of hydrogen-bond donors (Lipinski definition) is 2. The summed E-state index contributed by atoms with van der Waals surface area (Å²) < 4.78 is 0.